The first-order valence-electron chi connectivity index (χ1n) is 4.87. The highest BCUT2D eigenvalue weighted by Gasteiger charge is 2.08. The lowest BCUT2D eigenvalue weighted by Crippen LogP contribution is -2.13. The summed E-state index contributed by atoms with van der Waals surface area (Å²) in [5.74, 6) is 0. The molecule has 0 saturated heterocycles. The van der Waals surface area contributed by atoms with Gasteiger partial charge >= 0.3 is 0 Å². The summed E-state index contributed by atoms with van der Waals surface area (Å²) >= 11 is 3.45. The molecule has 0 aromatic heterocycles. The minimum atomic E-state index is 0. The summed E-state index contributed by atoms with van der Waals surface area (Å²) in [6.07, 6.45) is 1.93. The number of halogens is 2. The Kier molecular flexibility index (Phi) is 7.18. The Hall–Kier alpha value is -0.0900. The zero-order valence-electron chi connectivity index (χ0n) is 8.87. The summed E-state index contributed by atoms with van der Waals surface area (Å²) in [6, 6.07) is 6.32. The lowest BCUT2D eigenvalue weighted by molar-refractivity contribution is 0.615. The molecular weight excluding hydrogens is 275 g/mol. The van der Waals surface area contributed by atoms with E-state index in [0.29, 0.717) is 6.54 Å². The second-order valence-corrected chi connectivity index (χ2v) is 4.45. The molecule has 1 aromatic carbocycles. The second kappa shape index (κ2) is 7.23. The van der Waals surface area contributed by atoms with Gasteiger partial charge in [-0.3, -0.25) is 0 Å². The molecule has 0 heterocycles. The number of rotatable bonds is 4. The average Bonchev–Trinajstić information content (AvgIpc) is 2.18. The molecule has 4 N–H and O–H groups in total. The number of hydrogen-bond donors (Lipinski definition) is 2. The van der Waals surface area contributed by atoms with E-state index >= 15 is 0 Å². The average molecular weight is 294 g/mol. The molecule has 0 unspecified atom stereocenters. The Morgan fingerprint density at radius 1 is 1.40 bits per heavy atom. The second-order valence-electron chi connectivity index (χ2n) is 3.54. The van der Waals surface area contributed by atoms with E-state index in [1.165, 1.54) is 11.1 Å². The molecule has 0 aliphatic rings. The molecule has 86 valence electrons. The van der Waals surface area contributed by atoms with Gasteiger partial charge in [-0.2, -0.15) is 0 Å². The van der Waals surface area contributed by atoms with Crippen molar-refractivity contribution in [3.05, 3.63) is 33.8 Å². The van der Waals surface area contributed by atoms with Crippen LogP contribution >= 0.6 is 28.3 Å². The molecule has 0 amide bonds. The quantitative estimate of drug-likeness (QED) is 0.897. The van der Waals surface area contributed by atoms with Crippen molar-refractivity contribution in [3.63, 3.8) is 0 Å². The zero-order chi connectivity index (χ0) is 10.6. The molecule has 2 nitrogen and oxygen atoms in total. The maximum atomic E-state index is 6.07. The van der Waals surface area contributed by atoms with Crippen LogP contribution in [0.3, 0.4) is 0 Å². The van der Waals surface area contributed by atoms with E-state index in [1.54, 1.807) is 0 Å². The van der Waals surface area contributed by atoms with Crippen LogP contribution < -0.4 is 11.5 Å². The highest BCUT2D eigenvalue weighted by Crippen LogP contribution is 2.23. The lowest BCUT2D eigenvalue weighted by atomic mass is 9.98. The molecule has 1 aromatic rings. The van der Waals surface area contributed by atoms with Crippen LogP contribution in [0.2, 0.25) is 0 Å². The van der Waals surface area contributed by atoms with Crippen molar-refractivity contribution in [3.8, 4) is 0 Å². The Morgan fingerprint density at radius 2 is 2.07 bits per heavy atom. The smallest absolute Gasteiger partial charge is 0.0298 e. The highest BCUT2D eigenvalue weighted by molar-refractivity contribution is 9.10. The third-order valence-corrected chi connectivity index (χ3v) is 2.85. The minimum absolute atomic E-state index is 0. The van der Waals surface area contributed by atoms with Crippen molar-refractivity contribution in [2.24, 2.45) is 11.5 Å². The van der Waals surface area contributed by atoms with E-state index in [9.17, 15) is 0 Å². The van der Waals surface area contributed by atoms with Gasteiger partial charge in [-0.15, -0.1) is 12.4 Å². The van der Waals surface area contributed by atoms with Crippen LogP contribution in [0.5, 0.6) is 0 Å². The van der Waals surface area contributed by atoms with Gasteiger partial charge in [-0.05, 0) is 49.6 Å². The van der Waals surface area contributed by atoms with Gasteiger partial charge in [0.2, 0.25) is 0 Å². The van der Waals surface area contributed by atoms with Crippen LogP contribution in [0.4, 0.5) is 0 Å². The Morgan fingerprint density at radius 3 is 2.67 bits per heavy atom. The number of benzene rings is 1. The summed E-state index contributed by atoms with van der Waals surface area (Å²) in [4.78, 5) is 0. The lowest BCUT2D eigenvalue weighted by Gasteiger charge is -2.14. The largest absolute Gasteiger partial charge is 0.330 e. The third-order valence-electron chi connectivity index (χ3n) is 2.36. The Labute approximate surface area is 106 Å². The van der Waals surface area contributed by atoms with Crippen molar-refractivity contribution < 1.29 is 0 Å². The molecule has 0 aliphatic heterocycles. The molecular formula is C11H18BrClN2. The van der Waals surface area contributed by atoms with Gasteiger partial charge in [0, 0.05) is 10.5 Å². The van der Waals surface area contributed by atoms with Crippen molar-refractivity contribution in [2.45, 2.75) is 25.8 Å². The van der Waals surface area contributed by atoms with Crippen LogP contribution in [0.1, 0.15) is 30.0 Å². The van der Waals surface area contributed by atoms with Gasteiger partial charge in [0.1, 0.15) is 0 Å². The molecule has 0 spiro atoms. The van der Waals surface area contributed by atoms with E-state index in [0.717, 1.165) is 17.3 Å². The number of aryl methyl sites for hydroxylation is 1. The molecule has 0 saturated carbocycles. The van der Waals surface area contributed by atoms with Crippen LogP contribution in [0.25, 0.3) is 0 Å². The minimum Gasteiger partial charge on any atom is -0.330 e. The normalized spacial score (nSPS) is 12.0. The molecule has 0 aliphatic carbocycles. The summed E-state index contributed by atoms with van der Waals surface area (Å²) in [5.41, 5.74) is 14.0. The summed E-state index contributed by atoms with van der Waals surface area (Å²) in [7, 11) is 0. The van der Waals surface area contributed by atoms with Crippen LogP contribution in [-0.2, 0) is 0 Å². The van der Waals surface area contributed by atoms with Crippen LogP contribution in [0, 0.1) is 6.92 Å². The molecule has 0 fully saturated rings. The molecule has 0 radical (unpaired) electrons. The first-order chi connectivity index (χ1) is 6.65. The van der Waals surface area contributed by atoms with Crippen molar-refractivity contribution >= 4 is 28.3 Å². The number of nitrogens with two attached hydrogens (primary N) is 2. The first-order valence-corrected chi connectivity index (χ1v) is 5.66. The molecule has 0 bridgehead atoms. The maximum Gasteiger partial charge on any atom is 0.0298 e. The fourth-order valence-electron chi connectivity index (χ4n) is 1.50. The van der Waals surface area contributed by atoms with Gasteiger partial charge in [0.05, 0.1) is 0 Å². The Balaban J connectivity index is 0.00000196. The summed E-state index contributed by atoms with van der Waals surface area (Å²) in [6.45, 7) is 2.80. The van der Waals surface area contributed by atoms with Gasteiger partial charge in [-0.25, -0.2) is 0 Å². The van der Waals surface area contributed by atoms with Crippen molar-refractivity contribution in [1.82, 2.24) is 0 Å². The predicted molar refractivity (Wildman–Crippen MR) is 71.3 cm³/mol. The third kappa shape index (κ3) is 4.51. The van der Waals surface area contributed by atoms with E-state index in [-0.39, 0.29) is 18.4 Å². The van der Waals surface area contributed by atoms with Crippen LogP contribution in [0.15, 0.2) is 22.7 Å². The molecule has 1 rings (SSSR count). The van der Waals surface area contributed by atoms with E-state index in [4.69, 9.17) is 11.5 Å². The molecule has 15 heavy (non-hydrogen) atoms. The standard InChI is InChI=1S/C11H17BrN2.ClH/c1-8-4-5-9(12)7-10(8)11(14)3-2-6-13;/h4-5,7,11H,2-3,6,13-14H2,1H3;1H/t11-;/m1./s1. The van der Waals surface area contributed by atoms with E-state index in [2.05, 4.69) is 35.0 Å². The highest BCUT2D eigenvalue weighted by atomic mass is 79.9. The van der Waals surface area contributed by atoms with E-state index in [1.807, 2.05) is 6.07 Å². The predicted octanol–water partition coefficient (Wildman–Crippen LogP) is 2.92. The Bertz CT molecular complexity index is 305. The van der Waals surface area contributed by atoms with Crippen LogP contribution in [-0.4, -0.2) is 6.54 Å². The van der Waals surface area contributed by atoms with Crippen molar-refractivity contribution in [1.29, 1.82) is 0 Å². The fourth-order valence-corrected chi connectivity index (χ4v) is 1.88. The molecule has 1 atom stereocenters. The van der Waals surface area contributed by atoms with Gasteiger partial charge in [0.15, 0.2) is 0 Å². The maximum absolute atomic E-state index is 6.07. The van der Waals surface area contributed by atoms with Gasteiger partial charge in [-0.1, -0.05) is 22.0 Å². The fraction of sp³-hybridized carbons (Fsp3) is 0.455. The number of hydrogen-bond acceptors (Lipinski definition) is 2. The zero-order valence-corrected chi connectivity index (χ0v) is 11.3. The SMILES string of the molecule is Cc1ccc(Br)cc1[C@H](N)CCCN.Cl. The van der Waals surface area contributed by atoms with Gasteiger partial charge in [0.25, 0.3) is 0 Å². The molecule has 4 heteroatoms. The summed E-state index contributed by atoms with van der Waals surface area (Å²) in [5, 5.41) is 0. The summed E-state index contributed by atoms with van der Waals surface area (Å²) < 4.78 is 1.08. The van der Waals surface area contributed by atoms with Crippen molar-refractivity contribution in [2.75, 3.05) is 6.54 Å². The van der Waals surface area contributed by atoms with E-state index < -0.39 is 0 Å². The van der Waals surface area contributed by atoms with Gasteiger partial charge < -0.3 is 11.5 Å². The topological polar surface area (TPSA) is 52.0 Å². The monoisotopic (exact) mass is 292 g/mol. The first kappa shape index (κ1) is 14.9.